The second kappa shape index (κ2) is 14.8. The third-order valence-electron chi connectivity index (χ3n) is 2.60. The predicted molar refractivity (Wildman–Crippen MR) is 73.1 cm³/mol. The van der Waals surface area contributed by atoms with Gasteiger partial charge in [-0.3, -0.25) is 0 Å². The van der Waals surface area contributed by atoms with Crippen LogP contribution in [0.5, 0.6) is 0 Å². The fraction of sp³-hybridized carbons (Fsp3) is 1.00. The van der Waals surface area contributed by atoms with Crippen molar-refractivity contribution in [2.24, 2.45) is 28.9 Å². The summed E-state index contributed by atoms with van der Waals surface area (Å²) in [5.74, 6) is 0.653. The van der Waals surface area contributed by atoms with E-state index in [0.29, 0.717) is 12.0 Å². The molecular weight excluding hydrogens is 200 g/mol. The van der Waals surface area contributed by atoms with Gasteiger partial charge in [-0.2, -0.15) is 0 Å². The van der Waals surface area contributed by atoms with E-state index in [1.54, 1.807) is 0 Å². The van der Waals surface area contributed by atoms with Crippen LogP contribution < -0.4 is 22.9 Å². The van der Waals surface area contributed by atoms with Crippen molar-refractivity contribution in [1.29, 1.82) is 0 Å². The lowest BCUT2D eigenvalue weighted by atomic mass is 10.0. The van der Waals surface area contributed by atoms with Crippen molar-refractivity contribution in [3.8, 4) is 0 Å². The molecule has 0 aromatic rings. The summed E-state index contributed by atoms with van der Waals surface area (Å²) >= 11 is 0. The highest BCUT2D eigenvalue weighted by atomic mass is 14.6. The third-order valence-corrected chi connectivity index (χ3v) is 2.60. The first kappa shape index (κ1) is 18.2. The van der Waals surface area contributed by atoms with E-state index in [9.17, 15) is 0 Å². The fourth-order valence-corrected chi connectivity index (χ4v) is 1.33. The molecule has 0 radical (unpaired) electrons. The molecule has 0 aliphatic carbocycles. The van der Waals surface area contributed by atoms with Crippen LogP contribution in [0.4, 0.5) is 0 Å². The molecule has 8 N–H and O–H groups in total. The van der Waals surface area contributed by atoms with E-state index >= 15 is 0 Å². The molecular formula is C12H32N4. The number of hydrogen-bond donors (Lipinski definition) is 4. The Kier molecular flexibility index (Phi) is 16.9. The summed E-state index contributed by atoms with van der Waals surface area (Å²) < 4.78 is 0. The maximum absolute atomic E-state index is 5.49. The molecule has 16 heavy (non-hydrogen) atoms. The maximum Gasteiger partial charge on any atom is 0.00104 e. The molecule has 4 heteroatoms. The highest BCUT2D eigenvalue weighted by Crippen LogP contribution is 2.02. The Labute approximate surface area is 101 Å². The van der Waals surface area contributed by atoms with Crippen LogP contribution in [0.3, 0.4) is 0 Å². The molecule has 0 fully saturated rings. The summed E-state index contributed by atoms with van der Waals surface area (Å²) in [6, 6.07) is 0.349. The maximum atomic E-state index is 5.49. The van der Waals surface area contributed by atoms with E-state index in [4.69, 9.17) is 22.9 Å². The molecule has 4 nitrogen and oxygen atoms in total. The minimum absolute atomic E-state index is 0.349. The summed E-state index contributed by atoms with van der Waals surface area (Å²) in [6.45, 7) is 6.53. The van der Waals surface area contributed by atoms with Gasteiger partial charge in [0.25, 0.3) is 0 Å². The van der Waals surface area contributed by atoms with Crippen LogP contribution in [0.2, 0.25) is 0 Å². The van der Waals surface area contributed by atoms with Crippen LogP contribution in [0.15, 0.2) is 0 Å². The Morgan fingerprint density at radius 2 is 1.56 bits per heavy atom. The minimum Gasteiger partial charge on any atom is -0.330 e. The van der Waals surface area contributed by atoms with E-state index in [2.05, 4.69) is 6.92 Å². The van der Waals surface area contributed by atoms with Gasteiger partial charge in [-0.05, 0) is 51.7 Å². The van der Waals surface area contributed by atoms with E-state index in [1.807, 2.05) is 6.92 Å². The van der Waals surface area contributed by atoms with Gasteiger partial charge < -0.3 is 22.9 Å². The van der Waals surface area contributed by atoms with Gasteiger partial charge in [-0.15, -0.1) is 0 Å². The van der Waals surface area contributed by atoms with Crippen LogP contribution in [-0.4, -0.2) is 25.7 Å². The fourth-order valence-electron chi connectivity index (χ4n) is 1.33. The minimum atomic E-state index is 0.349. The first-order valence-electron chi connectivity index (χ1n) is 6.48. The quantitative estimate of drug-likeness (QED) is 0.464. The van der Waals surface area contributed by atoms with Crippen molar-refractivity contribution < 1.29 is 0 Å². The Morgan fingerprint density at radius 3 is 1.81 bits per heavy atom. The zero-order valence-electron chi connectivity index (χ0n) is 11.1. The summed E-state index contributed by atoms with van der Waals surface area (Å²) in [4.78, 5) is 0. The third kappa shape index (κ3) is 16.3. The van der Waals surface area contributed by atoms with Crippen molar-refractivity contribution in [2.75, 3.05) is 19.6 Å². The van der Waals surface area contributed by atoms with Gasteiger partial charge in [0.2, 0.25) is 0 Å². The molecule has 0 bridgehead atoms. The molecule has 0 saturated carbocycles. The van der Waals surface area contributed by atoms with Gasteiger partial charge in [0.15, 0.2) is 0 Å². The average Bonchev–Trinajstić information content (AvgIpc) is 2.27. The predicted octanol–water partition coefficient (Wildman–Crippen LogP) is 0.783. The number of hydrogen-bond acceptors (Lipinski definition) is 4. The normalized spacial score (nSPS) is 13.9. The van der Waals surface area contributed by atoms with Crippen LogP contribution in [-0.2, 0) is 0 Å². The van der Waals surface area contributed by atoms with Gasteiger partial charge >= 0.3 is 0 Å². The Bertz CT molecular complexity index is 114. The van der Waals surface area contributed by atoms with Crippen LogP contribution >= 0.6 is 0 Å². The number of nitrogens with two attached hydrogens (primary N) is 4. The smallest absolute Gasteiger partial charge is 0.00104 e. The molecule has 0 aliphatic rings. The van der Waals surface area contributed by atoms with Crippen LogP contribution in [0.1, 0.15) is 46.0 Å². The standard InChI is InChI=1S/2C6H16N2/c1-6(8)4-2-3-5-7;1-2-6(5-8)3-4-7/h2*6H,2-5,7-8H2,1H3. The zero-order valence-corrected chi connectivity index (χ0v) is 11.1. The molecule has 0 aromatic carbocycles. The van der Waals surface area contributed by atoms with Crippen molar-refractivity contribution in [3.05, 3.63) is 0 Å². The van der Waals surface area contributed by atoms with Crippen molar-refractivity contribution in [3.63, 3.8) is 0 Å². The van der Waals surface area contributed by atoms with Crippen LogP contribution in [0, 0.1) is 5.92 Å². The lowest BCUT2D eigenvalue weighted by molar-refractivity contribution is 0.488. The average molecular weight is 232 g/mol. The van der Waals surface area contributed by atoms with E-state index in [-0.39, 0.29) is 0 Å². The molecule has 0 saturated heterocycles. The summed E-state index contributed by atoms with van der Waals surface area (Å²) in [5, 5.41) is 0. The molecule has 0 amide bonds. The lowest BCUT2D eigenvalue weighted by Crippen LogP contribution is -2.17. The second-order valence-corrected chi connectivity index (χ2v) is 4.35. The first-order valence-corrected chi connectivity index (χ1v) is 6.48. The van der Waals surface area contributed by atoms with Gasteiger partial charge in [-0.1, -0.05) is 19.8 Å². The molecule has 0 aromatic heterocycles. The van der Waals surface area contributed by atoms with Crippen molar-refractivity contribution in [2.45, 2.75) is 52.0 Å². The molecule has 100 valence electrons. The highest BCUT2D eigenvalue weighted by Gasteiger charge is 1.99. The monoisotopic (exact) mass is 232 g/mol. The summed E-state index contributed by atoms with van der Waals surface area (Å²) in [5.41, 5.74) is 21.5. The van der Waals surface area contributed by atoms with Gasteiger partial charge in [0.05, 0.1) is 0 Å². The lowest BCUT2D eigenvalue weighted by Gasteiger charge is -2.08. The zero-order chi connectivity index (χ0) is 12.8. The molecule has 0 spiro atoms. The Balaban J connectivity index is 0. The topological polar surface area (TPSA) is 104 Å². The molecule has 2 atom stereocenters. The van der Waals surface area contributed by atoms with Gasteiger partial charge in [0, 0.05) is 6.04 Å². The van der Waals surface area contributed by atoms with Gasteiger partial charge in [-0.25, -0.2) is 0 Å². The van der Waals surface area contributed by atoms with Crippen molar-refractivity contribution in [1.82, 2.24) is 0 Å². The number of rotatable bonds is 8. The number of unbranched alkanes of at least 4 members (excludes halogenated alkanes) is 1. The van der Waals surface area contributed by atoms with E-state index in [0.717, 1.165) is 45.3 Å². The molecule has 0 rings (SSSR count). The molecule has 2 unspecified atom stereocenters. The van der Waals surface area contributed by atoms with E-state index in [1.165, 1.54) is 6.42 Å². The SMILES string of the molecule is CC(N)CCCCN.CCC(CN)CCN. The highest BCUT2D eigenvalue weighted by molar-refractivity contribution is 4.56. The summed E-state index contributed by atoms with van der Waals surface area (Å²) in [7, 11) is 0. The first-order chi connectivity index (χ1) is 7.62. The Morgan fingerprint density at radius 1 is 0.938 bits per heavy atom. The second-order valence-electron chi connectivity index (χ2n) is 4.35. The van der Waals surface area contributed by atoms with Gasteiger partial charge in [0.1, 0.15) is 0 Å². The van der Waals surface area contributed by atoms with E-state index < -0.39 is 0 Å². The summed E-state index contributed by atoms with van der Waals surface area (Å²) in [6.07, 6.45) is 5.63. The molecule has 0 heterocycles. The van der Waals surface area contributed by atoms with Crippen LogP contribution in [0.25, 0.3) is 0 Å². The van der Waals surface area contributed by atoms with Crippen molar-refractivity contribution >= 4 is 0 Å². The largest absolute Gasteiger partial charge is 0.330 e. The Hall–Kier alpha value is -0.160. The molecule has 0 aliphatic heterocycles.